The summed E-state index contributed by atoms with van der Waals surface area (Å²) in [6, 6.07) is 5.34. The molecule has 0 unspecified atom stereocenters. The Morgan fingerprint density at radius 3 is 2.93 bits per heavy atom. The lowest BCUT2D eigenvalue weighted by molar-refractivity contribution is -0.0705. The molecule has 0 radical (unpaired) electrons. The molecule has 28 heavy (non-hydrogen) atoms. The summed E-state index contributed by atoms with van der Waals surface area (Å²) >= 11 is 1.54. The fourth-order valence-electron chi connectivity index (χ4n) is 3.99. The molecule has 0 amide bonds. The van der Waals surface area contributed by atoms with Gasteiger partial charge in [0.05, 0.1) is 34.6 Å². The molecule has 4 rings (SSSR count). The Kier molecular flexibility index (Phi) is 4.79. The van der Waals surface area contributed by atoms with E-state index in [2.05, 4.69) is 18.9 Å². The number of hydrogen-bond acceptors (Lipinski definition) is 6. The molecule has 1 fully saturated rings. The van der Waals surface area contributed by atoms with Crippen molar-refractivity contribution in [2.45, 2.75) is 50.5 Å². The standard InChI is InChI=1S/C20H25N3O4S/c1-11-21-18-16(17(28-11)12-5-6-14(24)15(9-12)26-4)19(25)22-23(18)13-7-8-27-20(2,3)10-13/h5-6,9,13,17,24H,7-8,10H2,1-4H3,(H,22,25)/t13-,17-/m0/s1. The second-order valence-electron chi connectivity index (χ2n) is 7.86. The number of fused-ring (bicyclic) bond motifs is 1. The van der Waals surface area contributed by atoms with Gasteiger partial charge in [0, 0.05) is 6.61 Å². The Morgan fingerprint density at radius 1 is 1.43 bits per heavy atom. The topological polar surface area (TPSA) is 88.8 Å². The first kappa shape index (κ1) is 19.1. The van der Waals surface area contributed by atoms with E-state index in [0.29, 0.717) is 23.7 Å². The Bertz CT molecular complexity index is 992. The number of nitrogens with zero attached hydrogens (tertiary/aromatic N) is 2. The fourth-order valence-corrected chi connectivity index (χ4v) is 5.08. The Hall–Kier alpha value is -2.19. The molecular formula is C20H25N3O4S. The van der Waals surface area contributed by atoms with Gasteiger partial charge in [-0.2, -0.15) is 0 Å². The van der Waals surface area contributed by atoms with E-state index in [9.17, 15) is 9.90 Å². The second kappa shape index (κ2) is 7.00. The summed E-state index contributed by atoms with van der Waals surface area (Å²) in [5, 5.41) is 13.6. The number of nitrogens with one attached hydrogen (secondary N) is 1. The van der Waals surface area contributed by atoms with Gasteiger partial charge in [-0.3, -0.25) is 14.6 Å². The van der Waals surface area contributed by atoms with Gasteiger partial charge < -0.3 is 14.6 Å². The maximum Gasteiger partial charge on any atom is 0.271 e. The first-order valence-electron chi connectivity index (χ1n) is 9.36. The molecule has 0 aliphatic carbocycles. The van der Waals surface area contributed by atoms with Crippen LogP contribution in [0.25, 0.3) is 0 Å². The van der Waals surface area contributed by atoms with E-state index in [1.165, 1.54) is 18.9 Å². The van der Waals surface area contributed by atoms with Crippen LogP contribution < -0.4 is 10.3 Å². The minimum absolute atomic E-state index is 0.0774. The number of rotatable bonds is 3. The summed E-state index contributed by atoms with van der Waals surface area (Å²) in [5.74, 6) is 1.16. The minimum Gasteiger partial charge on any atom is -0.504 e. The number of methoxy groups -OCH3 is 1. The monoisotopic (exact) mass is 403 g/mol. The number of hydrogen-bond donors (Lipinski definition) is 2. The number of phenols is 1. The van der Waals surface area contributed by atoms with Crippen LogP contribution in [0.4, 0.5) is 5.82 Å². The van der Waals surface area contributed by atoms with E-state index < -0.39 is 0 Å². The predicted molar refractivity (Wildman–Crippen MR) is 110 cm³/mol. The molecule has 0 bridgehead atoms. The number of H-pyrrole nitrogens is 1. The second-order valence-corrected chi connectivity index (χ2v) is 9.16. The maximum absolute atomic E-state index is 12.9. The van der Waals surface area contributed by atoms with Crippen LogP contribution in [0.5, 0.6) is 11.5 Å². The molecule has 8 heteroatoms. The summed E-state index contributed by atoms with van der Waals surface area (Å²) < 4.78 is 13.0. The molecule has 150 valence electrons. The largest absolute Gasteiger partial charge is 0.504 e. The average molecular weight is 404 g/mol. The fraction of sp³-hybridized carbons (Fsp3) is 0.500. The molecule has 2 aliphatic heterocycles. The molecular weight excluding hydrogens is 378 g/mol. The van der Waals surface area contributed by atoms with Crippen LogP contribution in [0.15, 0.2) is 28.0 Å². The molecule has 0 spiro atoms. The van der Waals surface area contributed by atoms with Gasteiger partial charge in [0.25, 0.3) is 5.56 Å². The van der Waals surface area contributed by atoms with Crippen LogP contribution in [-0.4, -0.2) is 39.2 Å². The highest BCUT2D eigenvalue weighted by atomic mass is 32.2. The number of aromatic amines is 1. The summed E-state index contributed by atoms with van der Waals surface area (Å²) in [4.78, 5) is 17.6. The lowest BCUT2D eigenvalue weighted by Gasteiger charge is -2.36. The van der Waals surface area contributed by atoms with E-state index in [0.717, 1.165) is 23.4 Å². The molecule has 2 N–H and O–H groups in total. The molecule has 1 saturated heterocycles. The van der Waals surface area contributed by atoms with Crippen molar-refractivity contribution in [2.24, 2.45) is 4.99 Å². The normalized spacial score (nSPS) is 23.8. The van der Waals surface area contributed by atoms with Crippen LogP contribution in [0.1, 0.15) is 56.0 Å². The maximum atomic E-state index is 12.9. The van der Waals surface area contributed by atoms with Gasteiger partial charge in [-0.25, -0.2) is 4.99 Å². The number of ether oxygens (including phenoxy) is 2. The molecule has 1 aromatic carbocycles. The number of thioether (sulfide) groups is 1. The SMILES string of the molecule is COc1cc([C@@H]2SC(C)=Nc3c2c(=O)[nH]n3[C@H]2CCOC(C)(C)C2)ccc1O. The highest BCUT2D eigenvalue weighted by molar-refractivity contribution is 8.14. The van der Waals surface area contributed by atoms with E-state index in [1.807, 2.05) is 17.7 Å². The van der Waals surface area contributed by atoms with Crippen molar-refractivity contribution in [2.75, 3.05) is 13.7 Å². The third-order valence-corrected chi connectivity index (χ3v) is 6.47. The molecule has 2 aromatic rings. The Morgan fingerprint density at radius 2 is 2.21 bits per heavy atom. The zero-order chi connectivity index (χ0) is 20.1. The predicted octanol–water partition coefficient (Wildman–Crippen LogP) is 3.91. The molecule has 0 saturated carbocycles. The Labute approximate surface area is 167 Å². The number of aromatic nitrogens is 2. The third kappa shape index (κ3) is 3.35. The summed E-state index contributed by atoms with van der Waals surface area (Å²) in [6.07, 6.45) is 1.64. The molecule has 2 aliphatic rings. The van der Waals surface area contributed by atoms with Crippen molar-refractivity contribution in [3.63, 3.8) is 0 Å². The van der Waals surface area contributed by atoms with Crippen LogP contribution in [0, 0.1) is 0 Å². The van der Waals surface area contributed by atoms with E-state index >= 15 is 0 Å². The highest BCUT2D eigenvalue weighted by Gasteiger charge is 2.36. The quantitative estimate of drug-likeness (QED) is 0.811. The lowest BCUT2D eigenvalue weighted by Crippen LogP contribution is -2.35. The van der Waals surface area contributed by atoms with Crippen molar-refractivity contribution in [3.05, 3.63) is 39.7 Å². The highest BCUT2D eigenvalue weighted by Crippen LogP contribution is 2.46. The smallest absolute Gasteiger partial charge is 0.271 e. The molecule has 1 aromatic heterocycles. The molecule has 3 heterocycles. The van der Waals surface area contributed by atoms with Crippen molar-refractivity contribution in [1.82, 2.24) is 9.78 Å². The summed E-state index contributed by atoms with van der Waals surface area (Å²) in [6.45, 7) is 6.75. The van der Waals surface area contributed by atoms with Crippen molar-refractivity contribution < 1.29 is 14.6 Å². The van der Waals surface area contributed by atoms with Crippen molar-refractivity contribution in [3.8, 4) is 11.5 Å². The van der Waals surface area contributed by atoms with Crippen LogP contribution >= 0.6 is 11.8 Å². The third-order valence-electron chi connectivity index (χ3n) is 5.29. The van der Waals surface area contributed by atoms with Gasteiger partial charge in [0.2, 0.25) is 0 Å². The summed E-state index contributed by atoms with van der Waals surface area (Å²) in [7, 11) is 1.52. The van der Waals surface area contributed by atoms with E-state index in [4.69, 9.17) is 14.5 Å². The molecule has 2 atom stereocenters. The Balaban J connectivity index is 1.80. The number of phenolic OH excluding ortho intramolecular Hbond substituents is 1. The van der Waals surface area contributed by atoms with Gasteiger partial charge in [-0.1, -0.05) is 17.8 Å². The van der Waals surface area contributed by atoms with Gasteiger partial charge in [-0.15, -0.1) is 0 Å². The van der Waals surface area contributed by atoms with Gasteiger partial charge in [0.15, 0.2) is 17.3 Å². The number of aromatic hydroxyl groups is 1. The molecule has 7 nitrogen and oxygen atoms in total. The average Bonchev–Trinajstić information content (AvgIpc) is 2.97. The van der Waals surface area contributed by atoms with Crippen LogP contribution in [0.3, 0.4) is 0 Å². The van der Waals surface area contributed by atoms with E-state index in [1.54, 1.807) is 12.1 Å². The van der Waals surface area contributed by atoms with Gasteiger partial charge in [-0.05, 0) is 51.3 Å². The lowest BCUT2D eigenvalue weighted by atomic mass is 9.94. The van der Waals surface area contributed by atoms with Crippen molar-refractivity contribution in [1.29, 1.82) is 0 Å². The van der Waals surface area contributed by atoms with E-state index in [-0.39, 0.29) is 28.2 Å². The zero-order valence-electron chi connectivity index (χ0n) is 16.5. The zero-order valence-corrected chi connectivity index (χ0v) is 17.3. The number of benzene rings is 1. The number of aliphatic imine (C=N–C) groups is 1. The summed E-state index contributed by atoms with van der Waals surface area (Å²) in [5.41, 5.74) is 1.18. The van der Waals surface area contributed by atoms with Crippen LogP contribution in [0.2, 0.25) is 0 Å². The first-order chi connectivity index (χ1) is 13.3. The minimum atomic E-state index is -0.233. The van der Waals surface area contributed by atoms with Crippen molar-refractivity contribution >= 4 is 22.6 Å². The van der Waals surface area contributed by atoms with Gasteiger partial charge >= 0.3 is 0 Å². The van der Waals surface area contributed by atoms with Crippen LogP contribution in [-0.2, 0) is 4.74 Å². The first-order valence-corrected chi connectivity index (χ1v) is 10.2. The van der Waals surface area contributed by atoms with Gasteiger partial charge in [0.1, 0.15) is 0 Å².